The van der Waals surface area contributed by atoms with E-state index < -0.39 is 21.4 Å². The van der Waals surface area contributed by atoms with Crippen LogP contribution in [0.1, 0.15) is 19.4 Å². The maximum absolute atomic E-state index is 11.0. The Balaban J connectivity index is 2.81. The second-order valence-electron chi connectivity index (χ2n) is 4.94. The maximum atomic E-state index is 11.0. The molecule has 0 unspecified atom stereocenters. The zero-order valence-corrected chi connectivity index (χ0v) is 11.4. The van der Waals surface area contributed by atoms with Gasteiger partial charge in [-0.05, 0) is 38.0 Å². The molecule has 0 aliphatic rings. The van der Waals surface area contributed by atoms with Gasteiger partial charge in [-0.15, -0.1) is 0 Å². The van der Waals surface area contributed by atoms with Gasteiger partial charge in [0, 0.05) is 5.69 Å². The fraction of sp³-hybridized carbons (Fsp3) is 0.417. The molecule has 6 heteroatoms. The second kappa shape index (κ2) is 4.97. The van der Waals surface area contributed by atoms with Crippen molar-refractivity contribution in [3.63, 3.8) is 0 Å². The van der Waals surface area contributed by atoms with Crippen LogP contribution in [0.15, 0.2) is 24.3 Å². The first-order valence-electron chi connectivity index (χ1n) is 5.40. The van der Waals surface area contributed by atoms with E-state index in [0.29, 0.717) is 12.1 Å². The molecule has 0 amide bonds. The molecule has 0 aliphatic carbocycles. The minimum atomic E-state index is -3.28. The minimum absolute atomic E-state index is 0.390. The number of carbonyl (C=O) groups is 1. The van der Waals surface area contributed by atoms with Gasteiger partial charge in [-0.2, -0.15) is 0 Å². The van der Waals surface area contributed by atoms with Crippen molar-refractivity contribution < 1.29 is 18.3 Å². The molecular weight excluding hydrogens is 254 g/mol. The molecule has 0 aliphatic heterocycles. The van der Waals surface area contributed by atoms with Crippen molar-refractivity contribution in [1.29, 1.82) is 0 Å². The van der Waals surface area contributed by atoms with E-state index in [-0.39, 0.29) is 0 Å². The van der Waals surface area contributed by atoms with Crippen LogP contribution in [0.5, 0.6) is 0 Å². The molecule has 5 nitrogen and oxygen atoms in total. The highest BCUT2D eigenvalue weighted by Crippen LogP contribution is 2.23. The molecule has 2 N–H and O–H groups in total. The number of sulfonamides is 1. The fourth-order valence-electron chi connectivity index (χ4n) is 1.49. The third-order valence-corrected chi connectivity index (χ3v) is 3.09. The highest BCUT2D eigenvalue weighted by Gasteiger charge is 2.27. The molecule has 0 fully saturated rings. The number of nitrogens with one attached hydrogen (secondary N) is 1. The van der Waals surface area contributed by atoms with Gasteiger partial charge in [0.1, 0.15) is 0 Å². The van der Waals surface area contributed by atoms with Crippen LogP contribution in [-0.2, 0) is 21.2 Å². The van der Waals surface area contributed by atoms with E-state index >= 15 is 0 Å². The number of carboxylic acid groups (broad SMARTS) is 1. The van der Waals surface area contributed by atoms with Gasteiger partial charge < -0.3 is 5.11 Å². The number of aliphatic carboxylic acids is 1. The summed E-state index contributed by atoms with van der Waals surface area (Å²) in [5.74, 6) is -0.860. The van der Waals surface area contributed by atoms with Crippen molar-refractivity contribution in [1.82, 2.24) is 0 Å². The molecule has 0 bridgehead atoms. The molecule has 18 heavy (non-hydrogen) atoms. The molecule has 100 valence electrons. The van der Waals surface area contributed by atoms with Gasteiger partial charge in [-0.3, -0.25) is 9.52 Å². The number of hydrogen-bond donors (Lipinski definition) is 2. The summed E-state index contributed by atoms with van der Waals surface area (Å²) in [5, 5.41) is 9.02. The van der Waals surface area contributed by atoms with Crippen molar-refractivity contribution in [3.05, 3.63) is 29.8 Å². The predicted octanol–water partition coefficient (Wildman–Crippen LogP) is 1.71. The third kappa shape index (κ3) is 4.37. The Kier molecular flexibility index (Phi) is 4.01. The monoisotopic (exact) mass is 271 g/mol. The topological polar surface area (TPSA) is 83.5 Å². The number of rotatable bonds is 5. The maximum Gasteiger partial charge on any atom is 0.309 e. The normalized spacial score (nSPS) is 12.2. The molecule has 0 atom stereocenters. The SMILES string of the molecule is CC(C)(Cc1ccc(NS(C)(=O)=O)cc1)C(=O)O. The number of carboxylic acids is 1. The van der Waals surface area contributed by atoms with Crippen LogP contribution in [-0.4, -0.2) is 25.7 Å². The lowest BCUT2D eigenvalue weighted by atomic mass is 9.86. The fourth-order valence-corrected chi connectivity index (χ4v) is 2.05. The van der Waals surface area contributed by atoms with Gasteiger partial charge in [-0.1, -0.05) is 12.1 Å². The molecule has 1 rings (SSSR count). The summed E-state index contributed by atoms with van der Waals surface area (Å²) in [6.07, 6.45) is 1.47. The smallest absolute Gasteiger partial charge is 0.309 e. The third-order valence-electron chi connectivity index (χ3n) is 2.48. The van der Waals surface area contributed by atoms with Crippen LogP contribution >= 0.6 is 0 Å². The quantitative estimate of drug-likeness (QED) is 0.854. The van der Waals surface area contributed by atoms with Crippen molar-refractivity contribution in [2.75, 3.05) is 11.0 Å². The van der Waals surface area contributed by atoms with Crippen LogP contribution in [0.25, 0.3) is 0 Å². The Hall–Kier alpha value is -1.56. The van der Waals surface area contributed by atoms with Crippen molar-refractivity contribution >= 4 is 21.7 Å². The van der Waals surface area contributed by atoms with E-state index in [1.54, 1.807) is 38.1 Å². The lowest BCUT2D eigenvalue weighted by molar-refractivity contribution is -0.146. The Labute approximate surface area is 107 Å². The average Bonchev–Trinajstić information content (AvgIpc) is 2.18. The number of benzene rings is 1. The molecule has 0 radical (unpaired) electrons. The molecule has 0 heterocycles. The Morgan fingerprint density at radius 1 is 1.28 bits per heavy atom. The van der Waals surface area contributed by atoms with E-state index in [1.807, 2.05) is 0 Å². The van der Waals surface area contributed by atoms with Gasteiger partial charge in [-0.25, -0.2) is 8.42 Å². The standard InChI is InChI=1S/C12H17NO4S/c1-12(2,11(14)15)8-9-4-6-10(7-5-9)13-18(3,16)17/h4-7,13H,8H2,1-3H3,(H,14,15). The van der Waals surface area contributed by atoms with E-state index in [1.165, 1.54) is 0 Å². The lowest BCUT2D eigenvalue weighted by Crippen LogP contribution is -2.26. The van der Waals surface area contributed by atoms with Crippen LogP contribution < -0.4 is 4.72 Å². The first-order chi connectivity index (χ1) is 8.10. The highest BCUT2D eigenvalue weighted by molar-refractivity contribution is 7.92. The molecule has 1 aromatic carbocycles. The second-order valence-corrected chi connectivity index (χ2v) is 6.69. The van der Waals surface area contributed by atoms with Gasteiger partial charge in [0.15, 0.2) is 0 Å². The number of anilines is 1. The highest BCUT2D eigenvalue weighted by atomic mass is 32.2. The summed E-state index contributed by atoms with van der Waals surface area (Å²) in [6.45, 7) is 3.30. The van der Waals surface area contributed by atoms with E-state index in [0.717, 1.165) is 11.8 Å². The minimum Gasteiger partial charge on any atom is -0.481 e. The summed E-state index contributed by atoms with van der Waals surface area (Å²) >= 11 is 0. The summed E-state index contributed by atoms with van der Waals surface area (Å²) in [4.78, 5) is 11.0. The first kappa shape index (κ1) is 14.5. The Bertz CT molecular complexity index is 532. The van der Waals surface area contributed by atoms with Crippen molar-refractivity contribution in [2.24, 2.45) is 5.41 Å². The summed E-state index contributed by atoms with van der Waals surface area (Å²) in [6, 6.07) is 6.68. The molecule has 0 saturated heterocycles. The zero-order valence-electron chi connectivity index (χ0n) is 10.6. The summed E-state index contributed by atoms with van der Waals surface area (Å²) in [7, 11) is -3.28. The molecule has 0 spiro atoms. The van der Waals surface area contributed by atoms with E-state index in [9.17, 15) is 13.2 Å². The Morgan fingerprint density at radius 3 is 2.17 bits per heavy atom. The van der Waals surface area contributed by atoms with Crippen LogP contribution in [0.3, 0.4) is 0 Å². The van der Waals surface area contributed by atoms with Gasteiger partial charge in [0.25, 0.3) is 0 Å². The lowest BCUT2D eigenvalue weighted by Gasteiger charge is -2.19. The predicted molar refractivity (Wildman–Crippen MR) is 70.0 cm³/mol. The van der Waals surface area contributed by atoms with Gasteiger partial charge >= 0.3 is 5.97 Å². The largest absolute Gasteiger partial charge is 0.481 e. The van der Waals surface area contributed by atoms with Gasteiger partial charge in [0.2, 0.25) is 10.0 Å². The van der Waals surface area contributed by atoms with Crippen molar-refractivity contribution in [2.45, 2.75) is 20.3 Å². The summed E-state index contributed by atoms with van der Waals surface area (Å²) in [5.41, 5.74) is 0.474. The van der Waals surface area contributed by atoms with Crippen LogP contribution in [0, 0.1) is 5.41 Å². The van der Waals surface area contributed by atoms with E-state index in [4.69, 9.17) is 5.11 Å². The summed E-state index contributed by atoms with van der Waals surface area (Å²) < 4.78 is 24.4. The van der Waals surface area contributed by atoms with Crippen LogP contribution in [0.4, 0.5) is 5.69 Å². The number of hydrogen-bond acceptors (Lipinski definition) is 3. The molecule has 0 aromatic heterocycles. The van der Waals surface area contributed by atoms with E-state index in [2.05, 4.69) is 4.72 Å². The zero-order chi connectivity index (χ0) is 14.0. The van der Waals surface area contributed by atoms with Crippen molar-refractivity contribution in [3.8, 4) is 0 Å². The first-order valence-corrected chi connectivity index (χ1v) is 7.29. The Morgan fingerprint density at radius 2 is 1.78 bits per heavy atom. The van der Waals surface area contributed by atoms with Crippen LogP contribution in [0.2, 0.25) is 0 Å². The molecule has 1 aromatic rings. The molecule has 0 saturated carbocycles. The molecular formula is C12H17NO4S. The average molecular weight is 271 g/mol. The van der Waals surface area contributed by atoms with Gasteiger partial charge in [0.05, 0.1) is 11.7 Å².